The second kappa shape index (κ2) is 9.46. The zero-order chi connectivity index (χ0) is 13.2. The monoisotopic (exact) mass is 313 g/mol. The van der Waals surface area contributed by atoms with E-state index in [0.717, 1.165) is 0 Å². The largest absolute Gasteiger partial charge is 1.00 e. The minimum atomic E-state index is -5.24. The molecular formula is C7H10NNa2O8P. The molecule has 3 N–H and O–H groups in total. The van der Waals surface area contributed by atoms with Crippen LogP contribution in [-0.2, 0) is 13.8 Å². The molecule has 1 aliphatic rings. The molecule has 1 fully saturated rings. The molecule has 0 radical (unpaired) electrons. The summed E-state index contributed by atoms with van der Waals surface area (Å²) in [5.41, 5.74) is 0. The van der Waals surface area contributed by atoms with E-state index in [1.165, 1.54) is 6.07 Å². The van der Waals surface area contributed by atoms with Crippen LogP contribution in [0.25, 0.3) is 0 Å². The first-order valence-corrected chi connectivity index (χ1v) is 5.98. The normalized spacial score (nSPS) is 34.6. The van der Waals surface area contributed by atoms with Gasteiger partial charge in [-0.2, -0.15) is 5.26 Å². The van der Waals surface area contributed by atoms with Crippen LogP contribution >= 0.6 is 7.82 Å². The Labute approximate surface area is 153 Å². The molecule has 1 aliphatic heterocycles. The van der Waals surface area contributed by atoms with Crippen molar-refractivity contribution >= 4 is 7.82 Å². The van der Waals surface area contributed by atoms with E-state index in [1.54, 1.807) is 0 Å². The number of aliphatic hydroxyl groups is 3. The van der Waals surface area contributed by atoms with Crippen molar-refractivity contribution in [3.8, 4) is 6.07 Å². The minimum absolute atomic E-state index is 0. The van der Waals surface area contributed by atoms with Gasteiger partial charge in [-0.15, -0.1) is 0 Å². The molecule has 9 nitrogen and oxygen atoms in total. The molecule has 0 aromatic rings. The molecular weight excluding hydrogens is 303 g/mol. The molecule has 5 unspecified atom stereocenters. The van der Waals surface area contributed by atoms with E-state index in [-0.39, 0.29) is 59.1 Å². The van der Waals surface area contributed by atoms with Crippen molar-refractivity contribution in [1.82, 2.24) is 0 Å². The fourth-order valence-corrected chi connectivity index (χ4v) is 1.69. The van der Waals surface area contributed by atoms with E-state index >= 15 is 0 Å². The third-order valence-electron chi connectivity index (χ3n) is 2.24. The van der Waals surface area contributed by atoms with Crippen LogP contribution in [0.2, 0.25) is 0 Å². The smallest absolute Gasteiger partial charge is 0.790 e. The average Bonchev–Trinajstić information content (AvgIpc) is 2.24. The first-order valence-electron chi connectivity index (χ1n) is 4.52. The third kappa shape index (κ3) is 6.82. The summed E-state index contributed by atoms with van der Waals surface area (Å²) in [4.78, 5) is 20.4. The Hall–Kier alpha value is 1.44. The molecule has 0 spiro atoms. The van der Waals surface area contributed by atoms with Gasteiger partial charge in [-0.05, 0) is 0 Å². The maximum atomic E-state index is 10.2. The fourth-order valence-electron chi connectivity index (χ4n) is 1.36. The summed E-state index contributed by atoms with van der Waals surface area (Å²) in [5, 5.41) is 36.6. The number of hydrogen-bond donors (Lipinski definition) is 3. The molecule has 1 saturated heterocycles. The number of rotatable bonds is 3. The van der Waals surface area contributed by atoms with Crippen LogP contribution in [0.5, 0.6) is 0 Å². The van der Waals surface area contributed by atoms with Crippen molar-refractivity contribution < 1.29 is 98.0 Å². The second-order valence-electron chi connectivity index (χ2n) is 3.44. The molecule has 0 aromatic carbocycles. The van der Waals surface area contributed by atoms with Crippen LogP contribution in [0.15, 0.2) is 0 Å². The third-order valence-corrected chi connectivity index (χ3v) is 2.70. The topological polar surface area (TPSA) is 166 Å². The molecule has 0 amide bonds. The van der Waals surface area contributed by atoms with E-state index in [2.05, 4.69) is 4.52 Å². The van der Waals surface area contributed by atoms with Gasteiger partial charge in [0.25, 0.3) is 0 Å². The molecule has 1 heterocycles. The zero-order valence-electron chi connectivity index (χ0n) is 10.4. The molecule has 1 rings (SSSR count). The Morgan fingerprint density at radius 1 is 1.21 bits per heavy atom. The van der Waals surface area contributed by atoms with Crippen molar-refractivity contribution in [2.24, 2.45) is 0 Å². The SMILES string of the molecule is N#CC1OC(COP(=O)([O-])[O-])C(O)C(O)C1O.[Na+].[Na+]. The molecule has 0 aromatic heterocycles. The van der Waals surface area contributed by atoms with Crippen molar-refractivity contribution in [2.45, 2.75) is 30.5 Å². The predicted molar refractivity (Wildman–Crippen MR) is 45.9 cm³/mol. The molecule has 0 saturated carbocycles. The van der Waals surface area contributed by atoms with Gasteiger partial charge in [0.15, 0.2) is 6.10 Å². The summed E-state index contributed by atoms with van der Waals surface area (Å²) in [6.07, 6.45) is -7.83. The Balaban J connectivity index is 0. The number of ether oxygens (including phenoxy) is 1. The van der Waals surface area contributed by atoms with Gasteiger partial charge >= 0.3 is 59.1 Å². The molecule has 98 valence electrons. The van der Waals surface area contributed by atoms with Gasteiger partial charge in [0, 0.05) is 0 Å². The average molecular weight is 313 g/mol. The van der Waals surface area contributed by atoms with Crippen molar-refractivity contribution in [1.29, 1.82) is 5.26 Å². The molecule has 12 heteroatoms. The number of nitrogens with zero attached hydrogens (tertiary/aromatic N) is 1. The van der Waals surface area contributed by atoms with Crippen molar-refractivity contribution in [2.75, 3.05) is 6.61 Å². The maximum absolute atomic E-state index is 10.2. The Kier molecular flexibility index (Phi) is 11.3. The fraction of sp³-hybridized carbons (Fsp3) is 0.857. The van der Waals surface area contributed by atoms with Crippen LogP contribution in [0, 0.1) is 11.3 Å². The van der Waals surface area contributed by atoms with E-state index < -0.39 is 44.9 Å². The van der Waals surface area contributed by atoms with Crippen LogP contribution in [-0.4, -0.2) is 52.4 Å². The number of aliphatic hydroxyl groups excluding tert-OH is 3. The van der Waals surface area contributed by atoms with Crippen LogP contribution in [0.1, 0.15) is 0 Å². The van der Waals surface area contributed by atoms with Crippen molar-refractivity contribution in [3.63, 3.8) is 0 Å². The van der Waals surface area contributed by atoms with Gasteiger partial charge in [0.05, 0.1) is 20.5 Å². The van der Waals surface area contributed by atoms with E-state index in [4.69, 9.17) is 10.00 Å². The van der Waals surface area contributed by atoms with Crippen LogP contribution < -0.4 is 68.9 Å². The van der Waals surface area contributed by atoms with Crippen LogP contribution in [0.4, 0.5) is 0 Å². The molecule has 0 bridgehead atoms. The van der Waals surface area contributed by atoms with Gasteiger partial charge in [-0.3, -0.25) is 0 Å². The molecule has 5 atom stereocenters. The zero-order valence-corrected chi connectivity index (χ0v) is 15.3. The van der Waals surface area contributed by atoms with Gasteiger partial charge < -0.3 is 38.9 Å². The number of hydrogen-bond acceptors (Lipinski definition) is 9. The van der Waals surface area contributed by atoms with Gasteiger partial charge in [0.1, 0.15) is 24.4 Å². The standard InChI is InChI=1S/C7H12NO8P.2Na/c8-1-3-5(9)7(11)6(10)4(16-3)2-15-17(12,13)14;;/h3-7,9-11H,2H2,(H2,12,13,14);;/q;2*+1/p-2. The summed E-state index contributed by atoms with van der Waals surface area (Å²) >= 11 is 0. The first-order chi connectivity index (χ1) is 7.76. The predicted octanol–water partition coefficient (Wildman–Crippen LogP) is -9.79. The number of nitriles is 1. The summed E-state index contributed by atoms with van der Waals surface area (Å²) in [6, 6.07) is 1.51. The maximum Gasteiger partial charge on any atom is 1.00 e. The molecule has 0 aliphatic carbocycles. The summed E-state index contributed by atoms with van der Waals surface area (Å²) in [5.74, 6) is 0. The van der Waals surface area contributed by atoms with E-state index in [0.29, 0.717) is 0 Å². The first kappa shape index (κ1) is 22.7. The Morgan fingerprint density at radius 3 is 2.16 bits per heavy atom. The van der Waals surface area contributed by atoms with Crippen molar-refractivity contribution in [3.05, 3.63) is 0 Å². The van der Waals surface area contributed by atoms with Gasteiger partial charge in [-0.25, -0.2) is 0 Å². The van der Waals surface area contributed by atoms with Gasteiger partial charge in [0.2, 0.25) is 0 Å². The number of phosphoric acid groups is 1. The van der Waals surface area contributed by atoms with E-state index in [1.807, 2.05) is 0 Å². The second-order valence-corrected chi connectivity index (χ2v) is 4.59. The molecule has 19 heavy (non-hydrogen) atoms. The summed E-state index contributed by atoms with van der Waals surface area (Å²) in [6.45, 7) is -0.840. The Morgan fingerprint density at radius 2 is 1.74 bits per heavy atom. The quantitative estimate of drug-likeness (QED) is 0.338. The number of phosphoric ester groups is 1. The van der Waals surface area contributed by atoms with Crippen LogP contribution in [0.3, 0.4) is 0 Å². The summed E-state index contributed by atoms with van der Waals surface area (Å²) in [7, 11) is -5.24. The summed E-state index contributed by atoms with van der Waals surface area (Å²) < 4.78 is 18.9. The van der Waals surface area contributed by atoms with Gasteiger partial charge in [-0.1, -0.05) is 0 Å². The Bertz CT molecular complexity index is 359. The minimum Gasteiger partial charge on any atom is -0.790 e. The van der Waals surface area contributed by atoms with E-state index in [9.17, 15) is 29.7 Å².